The van der Waals surface area contributed by atoms with E-state index in [4.69, 9.17) is 4.52 Å². The second-order valence-electron chi connectivity index (χ2n) is 7.61. The Morgan fingerprint density at radius 2 is 1.66 bits per heavy atom. The highest BCUT2D eigenvalue weighted by Crippen LogP contribution is 2.24. The molecule has 0 N–H and O–H groups in total. The van der Waals surface area contributed by atoms with Crippen LogP contribution in [0.4, 0.5) is 0 Å². The molecule has 0 spiro atoms. The van der Waals surface area contributed by atoms with Crippen molar-refractivity contribution >= 4 is 19.9 Å². The first-order chi connectivity index (χ1) is 15.1. The Hall–Kier alpha value is -2.68. The molecule has 1 fully saturated rings. The molecule has 32 heavy (non-hydrogen) atoms. The maximum absolute atomic E-state index is 13.0. The topological polar surface area (TPSA) is 144 Å². The third-order valence-corrected chi connectivity index (χ3v) is 8.58. The third-order valence-electron chi connectivity index (χ3n) is 5.31. The maximum atomic E-state index is 13.0. The maximum Gasteiger partial charge on any atom is 0.248 e. The van der Waals surface area contributed by atoms with Crippen molar-refractivity contribution in [1.29, 1.82) is 0 Å². The van der Waals surface area contributed by atoms with E-state index in [0.29, 0.717) is 49.9 Å². The summed E-state index contributed by atoms with van der Waals surface area (Å²) in [6.45, 7) is 5.26. The van der Waals surface area contributed by atoms with Crippen LogP contribution in [-0.2, 0) is 26.4 Å². The van der Waals surface area contributed by atoms with Crippen molar-refractivity contribution in [3.63, 3.8) is 0 Å². The van der Waals surface area contributed by atoms with Crippen LogP contribution >= 0.6 is 0 Å². The van der Waals surface area contributed by atoms with Crippen LogP contribution in [0.1, 0.15) is 17.3 Å². The predicted octanol–water partition coefficient (Wildman–Crippen LogP) is 0.177. The Morgan fingerprint density at radius 3 is 2.22 bits per heavy atom. The van der Waals surface area contributed by atoms with Crippen LogP contribution < -0.4 is 0 Å². The fourth-order valence-corrected chi connectivity index (χ4v) is 5.98. The van der Waals surface area contributed by atoms with Crippen molar-refractivity contribution in [2.75, 3.05) is 32.4 Å². The Bertz CT molecular complexity index is 1300. The molecule has 0 radical (unpaired) electrons. The van der Waals surface area contributed by atoms with Gasteiger partial charge in [-0.05, 0) is 48.5 Å². The van der Waals surface area contributed by atoms with Gasteiger partial charge < -0.3 is 4.52 Å². The Balaban J connectivity index is 1.44. The molecule has 1 aliphatic rings. The SMILES string of the molecule is Cc1noc(C)c1S(=O)(=O)N1CCN(Cc2nnnn2-c2ccc(S(C)(=O)=O)cc2)CC1. The van der Waals surface area contributed by atoms with Crippen LogP contribution in [0.15, 0.2) is 38.6 Å². The Morgan fingerprint density at radius 1 is 1.00 bits per heavy atom. The van der Waals surface area contributed by atoms with Gasteiger partial charge in [0.25, 0.3) is 0 Å². The van der Waals surface area contributed by atoms with Crippen LogP contribution in [0.5, 0.6) is 0 Å². The van der Waals surface area contributed by atoms with Gasteiger partial charge in [0.2, 0.25) is 10.0 Å². The van der Waals surface area contributed by atoms with E-state index in [-0.39, 0.29) is 15.6 Å². The Kier molecular flexibility index (Phi) is 5.87. The zero-order chi connectivity index (χ0) is 23.1. The van der Waals surface area contributed by atoms with Gasteiger partial charge >= 0.3 is 0 Å². The second-order valence-corrected chi connectivity index (χ2v) is 11.5. The molecule has 4 rings (SSSR count). The monoisotopic (exact) mass is 481 g/mol. The molecule has 12 nitrogen and oxygen atoms in total. The molecular formula is C18H23N7O5S2. The number of hydrogen-bond donors (Lipinski definition) is 0. The number of rotatable bonds is 6. The summed E-state index contributed by atoms with van der Waals surface area (Å²) >= 11 is 0. The van der Waals surface area contributed by atoms with E-state index in [0.717, 1.165) is 6.26 Å². The number of nitrogens with zero attached hydrogens (tertiary/aromatic N) is 7. The number of hydrogen-bond acceptors (Lipinski definition) is 10. The summed E-state index contributed by atoms with van der Waals surface area (Å²) < 4.78 is 57.3. The number of sulfone groups is 1. The number of benzene rings is 1. The predicted molar refractivity (Wildman–Crippen MR) is 112 cm³/mol. The summed E-state index contributed by atoms with van der Waals surface area (Å²) in [6.07, 6.45) is 1.15. The van der Waals surface area contributed by atoms with Crippen molar-refractivity contribution < 1.29 is 21.4 Å². The zero-order valence-corrected chi connectivity index (χ0v) is 19.5. The number of piperazine rings is 1. The minimum Gasteiger partial charge on any atom is -0.360 e. The van der Waals surface area contributed by atoms with E-state index in [2.05, 4.69) is 25.6 Å². The van der Waals surface area contributed by atoms with Gasteiger partial charge in [-0.3, -0.25) is 4.90 Å². The molecule has 0 unspecified atom stereocenters. The molecule has 0 atom stereocenters. The van der Waals surface area contributed by atoms with Crippen LogP contribution in [-0.4, -0.2) is 83.8 Å². The summed E-state index contributed by atoms with van der Waals surface area (Å²) in [7, 11) is -6.97. The van der Waals surface area contributed by atoms with Crippen LogP contribution in [0.3, 0.4) is 0 Å². The first-order valence-electron chi connectivity index (χ1n) is 9.80. The van der Waals surface area contributed by atoms with Crippen molar-refractivity contribution in [2.45, 2.75) is 30.2 Å². The van der Waals surface area contributed by atoms with Gasteiger partial charge in [0.15, 0.2) is 21.4 Å². The lowest BCUT2D eigenvalue weighted by molar-refractivity contribution is 0.177. The minimum absolute atomic E-state index is 0.132. The van der Waals surface area contributed by atoms with Gasteiger partial charge in [0.1, 0.15) is 10.6 Å². The average molecular weight is 482 g/mol. The fraction of sp³-hybridized carbons (Fsp3) is 0.444. The van der Waals surface area contributed by atoms with E-state index < -0.39 is 19.9 Å². The number of tetrazole rings is 1. The highest BCUT2D eigenvalue weighted by molar-refractivity contribution is 7.90. The molecule has 3 heterocycles. The molecule has 1 saturated heterocycles. The molecule has 0 bridgehead atoms. The van der Waals surface area contributed by atoms with Gasteiger partial charge in [-0.15, -0.1) is 5.10 Å². The molecule has 0 saturated carbocycles. The standard InChI is InChI=1S/C18H23N7O5S2/c1-13-18(14(2)30-20-13)32(28,29)24-10-8-23(9-11-24)12-17-19-21-22-25(17)15-4-6-16(7-5-15)31(3,26)27/h4-7H,8-12H2,1-3H3. The molecule has 1 aromatic carbocycles. The molecular weight excluding hydrogens is 458 g/mol. The van der Waals surface area contributed by atoms with E-state index in [1.807, 2.05) is 0 Å². The zero-order valence-electron chi connectivity index (χ0n) is 17.8. The lowest BCUT2D eigenvalue weighted by Crippen LogP contribution is -2.48. The summed E-state index contributed by atoms with van der Waals surface area (Å²) in [5, 5.41) is 15.6. The first kappa shape index (κ1) is 22.5. The minimum atomic E-state index is -3.68. The lowest BCUT2D eigenvalue weighted by atomic mass is 10.3. The molecule has 2 aromatic heterocycles. The lowest BCUT2D eigenvalue weighted by Gasteiger charge is -2.33. The summed E-state index contributed by atoms with van der Waals surface area (Å²) in [4.78, 5) is 2.41. The largest absolute Gasteiger partial charge is 0.360 e. The third kappa shape index (κ3) is 4.30. The molecule has 1 aliphatic heterocycles. The van der Waals surface area contributed by atoms with Crippen LogP contribution in [0, 0.1) is 13.8 Å². The van der Waals surface area contributed by atoms with Crippen LogP contribution in [0.2, 0.25) is 0 Å². The summed E-state index contributed by atoms with van der Waals surface area (Å²) in [6, 6.07) is 6.30. The summed E-state index contributed by atoms with van der Waals surface area (Å²) in [5.41, 5.74) is 0.989. The first-order valence-corrected chi connectivity index (χ1v) is 13.1. The van der Waals surface area contributed by atoms with Gasteiger partial charge in [0, 0.05) is 32.4 Å². The molecule has 0 amide bonds. The van der Waals surface area contributed by atoms with Crippen LogP contribution in [0.25, 0.3) is 5.69 Å². The van der Waals surface area contributed by atoms with E-state index in [1.54, 1.807) is 30.7 Å². The van der Waals surface area contributed by atoms with Gasteiger partial charge in [0.05, 0.1) is 17.1 Å². The van der Waals surface area contributed by atoms with Crippen molar-refractivity contribution in [2.24, 2.45) is 0 Å². The van der Waals surface area contributed by atoms with E-state index in [9.17, 15) is 16.8 Å². The second kappa shape index (κ2) is 8.35. The van der Waals surface area contributed by atoms with Crippen molar-refractivity contribution in [1.82, 2.24) is 34.6 Å². The highest BCUT2D eigenvalue weighted by Gasteiger charge is 2.33. The number of aromatic nitrogens is 5. The Labute approximate surface area is 185 Å². The van der Waals surface area contributed by atoms with Gasteiger partial charge in [-0.2, -0.15) is 8.99 Å². The van der Waals surface area contributed by atoms with Crippen molar-refractivity contribution in [3.8, 4) is 5.69 Å². The molecule has 3 aromatic rings. The smallest absolute Gasteiger partial charge is 0.248 e. The number of sulfonamides is 1. The fourth-order valence-electron chi connectivity index (χ4n) is 3.64. The molecule has 172 valence electrons. The summed E-state index contributed by atoms with van der Waals surface area (Å²) in [5.74, 6) is 0.852. The van der Waals surface area contributed by atoms with Crippen molar-refractivity contribution in [3.05, 3.63) is 41.5 Å². The number of aryl methyl sites for hydroxylation is 2. The molecule has 14 heteroatoms. The quantitative estimate of drug-likeness (QED) is 0.478. The molecule has 0 aliphatic carbocycles. The van der Waals surface area contributed by atoms with Gasteiger partial charge in [-0.25, -0.2) is 16.8 Å². The average Bonchev–Trinajstić information content (AvgIpc) is 3.34. The van der Waals surface area contributed by atoms with E-state index in [1.165, 1.54) is 16.4 Å². The highest BCUT2D eigenvalue weighted by atomic mass is 32.2. The van der Waals surface area contributed by atoms with E-state index >= 15 is 0 Å². The van der Waals surface area contributed by atoms with Gasteiger partial charge in [-0.1, -0.05) is 5.16 Å². The normalized spacial score (nSPS) is 16.5.